The molecule has 0 saturated carbocycles. The molecule has 0 saturated heterocycles. The molecule has 1 aromatic heterocycles. The van der Waals surface area contributed by atoms with E-state index in [1.54, 1.807) is 51.1 Å². The number of nitrogens with one attached hydrogen (secondary N) is 1. The van der Waals surface area contributed by atoms with E-state index in [0.29, 0.717) is 29.3 Å². The van der Waals surface area contributed by atoms with Gasteiger partial charge in [0.05, 0.1) is 17.7 Å². The van der Waals surface area contributed by atoms with Crippen LogP contribution in [0.25, 0.3) is 6.08 Å². The van der Waals surface area contributed by atoms with Gasteiger partial charge in [0, 0.05) is 11.4 Å². The Hall–Kier alpha value is -3.59. The number of nitrogens with zero attached hydrogens (tertiary/aromatic N) is 1. The topological polar surface area (TPSA) is 92.2 Å². The van der Waals surface area contributed by atoms with Crippen LogP contribution >= 0.6 is 0 Å². The zero-order valence-corrected chi connectivity index (χ0v) is 16.2. The molecule has 2 rings (SSSR count). The van der Waals surface area contributed by atoms with Crippen LogP contribution < -0.4 is 4.74 Å². The number of aromatic nitrogens is 1. The van der Waals surface area contributed by atoms with E-state index in [1.165, 1.54) is 6.08 Å². The monoisotopic (exact) mass is 378 g/mol. The molecular weight excluding hydrogens is 356 g/mol. The van der Waals surface area contributed by atoms with Crippen molar-refractivity contribution in [3.05, 3.63) is 70.6 Å². The van der Waals surface area contributed by atoms with Crippen LogP contribution in [0, 0.1) is 25.2 Å². The SMILES string of the molecule is C=CCOc1ccc(/C=C(\C#N)C(=O)c2c(C)[nH]c(C)c2C(=O)OCC)cc1. The zero-order valence-electron chi connectivity index (χ0n) is 16.2. The summed E-state index contributed by atoms with van der Waals surface area (Å²) in [5.74, 6) is -0.461. The Bertz CT molecular complexity index is 960. The molecule has 144 valence electrons. The molecule has 2 aromatic rings. The van der Waals surface area contributed by atoms with Crippen LogP contribution in [0.3, 0.4) is 0 Å². The number of nitriles is 1. The summed E-state index contributed by atoms with van der Waals surface area (Å²) in [7, 11) is 0. The van der Waals surface area contributed by atoms with Crippen molar-refractivity contribution in [3.63, 3.8) is 0 Å². The summed E-state index contributed by atoms with van der Waals surface area (Å²) in [4.78, 5) is 28.3. The van der Waals surface area contributed by atoms with Gasteiger partial charge in [-0.3, -0.25) is 4.79 Å². The van der Waals surface area contributed by atoms with Crippen molar-refractivity contribution in [2.45, 2.75) is 20.8 Å². The minimum absolute atomic E-state index is 0.0765. The van der Waals surface area contributed by atoms with Crippen LogP contribution in [0.4, 0.5) is 0 Å². The van der Waals surface area contributed by atoms with Gasteiger partial charge in [-0.25, -0.2) is 4.79 Å². The molecule has 1 aromatic carbocycles. The number of aromatic amines is 1. The summed E-state index contributed by atoms with van der Waals surface area (Å²) in [5.41, 5.74) is 1.96. The minimum atomic E-state index is -0.589. The molecule has 0 aliphatic rings. The number of rotatable bonds is 8. The Morgan fingerprint density at radius 1 is 1.18 bits per heavy atom. The van der Waals surface area contributed by atoms with E-state index < -0.39 is 11.8 Å². The maximum absolute atomic E-state index is 13.0. The van der Waals surface area contributed by atoms with Gasteiger partial charge in [-0.15, -0.1) is 0 Å². The number of carbonyl (C=O) groups is 2. The molecule has 1 N–H and O–H groups in total. The van der Waals surface area contributed by atoms with E-state index in [1.807, 2.05) is 6.07 Å². The molecule has 0 spiro atoms. The smallest absolute Gasteiger partial charge is 0.340 e. The first-order valence-corrected chi connectivity index (χ1v) is 8.79. The molecule has 0 aliphatic carbocycles. The number of Topliss-reactive ketones (excluding diaryl/α,β-unsaturated/α-hetero) is 1. The van der Waals surface area contributed by atoms with Gasteiger partial charge < -0.3 is 14.5 Å². The van der Waals surface area contributed by atoms with Crippen molar-refractivity contribution in [2.75, 3.05) is 13.2 Å². The molecule has 1 heterocycles. The van der Waals surface area contributed by atoms with Gasteiger partial charge in [0.15, 0.2) is 0 Å². The number of ketones is 1. The Morgan fingerprint density at radius 3 is 2.39 bits per heavy atom. The molecule has 0 amide bonds. The molecule has 0 bridgehead atoms. The lowest BCUT2D eigenvalue weighted by Gasteiger charge is -2.06. The van der Waals surface area contributed by atoms with Gasteiger partial charge in [0.2, 0.25) is 5.78 Å². The van der Waals surface area contributed by atoms with Crippen molar-refractivity contribution < 1.29 is 19.1 Å². The maximum atomic E-state index is 13.0. The zero-order chi connectivity index (χ0) is 20.7. The predicted octanol–water partition coefficient (Wildman–Crippen LogP) is 4.16. The summed E-state index contributed by atoms with van der Waals surface area (Å²) < 4.78 is 10.5. The molecule has 0 unspecified atom stereocenters. The highest BCUT2D eigenvalue weighted by Crippen LogP contribution is 2.24. The van der Waals surface area contributed by atoms with Gasteiger partial charge in [-0.05, 0) is 44.5 Å². The number of hydrogen-bond donors (Lipinski definition) is 1. The molecular formula is C22H22N2O4. The Labute approximate surface area is 164 Å². The first kappa shape index (κ1) is 20.7. The standard InChI is InChI=1S/C22H22N2O4/c1-5-11-28-18-9-7-16(8-10-18)12-17(13-23)21(25)19-14(3)24-15(4)20(19)22(26)27-6-2/h5,7-10,12,24H,1,6,11H2,2-4H3/b17-12+. The van der Waals surface area contributed by atoms with E-state index in [4.69, 9.17) is 9.47 Å². The third-order valence-corrected chi connectivity index (χ3v) is 4.01. The van der Waals surface area contributed by atoms with Gasteiger partial charge in [0.1, 0.15) is 24.0 Å². The van der Waals surface area contributed by atoms with Crippen molar-refractivity contribution in [3.8, 4) is 11.8 Å². The number of hydrogen-bond acceptors (Lipinski definition) is 5. The molecule has 0 aliphatic heterocycles. The summed E-state index contributed by atoms with van der Waals surface area (Å²) >= 11 is 0. The van der Waals surface area contributed by atoms with Gasteiger partial charge in [-0.1, -0.05) is 24.8 Å². The predicted molar refractivity (Wildman–Crippen MR) is 106 cm³/mol. The maximum Gasteiger partial charge on any atom is 0.340 e. The molecule has 0 fully saturated rings. The van der Waals surface area contributed by atoms with E-state index in [0.717, 1.165) is 0 Å². The first-order chi connectivity index (χ1) is 13.4. The lowest BCUT2D eigenvalue weighted by atomic mass is 9.98. The average molecular weight is 378 g/mol. The van der Waals surface area contributed by atoms with Crippen LogP contribution in [0.15, 0.2) is 42.5 Å². The fraction of sp³-hybridized carbons (Fsp3) is 0.227. The molecule has 6 nitrogen and oxygen atoms in total. The summed E-state index contributed by atoms with van der Waals surface area (Å²) in [6.45, 7) is 9.23. The van der Waals surface area contributed by atoms with Crippen molar-refractivity contribution >= 4 is 17.8 Å². The highest BCUT2D eigenvalue weighted by atomic mass is 16.5. The quantitative estimate of drug-likeness (QED) is 0.245. The summed E-state index contributed by atoms with van der Waals surface area (Å²) in [6.07, 6.45) is 3.12. The number of aryl methyl sites for hydroxylation is 2. The Balaban J connectivity index is 2.39. The van der Waals surface area contributed by atoms with Crippen LogP contribution in [-0.2, 0) is 4.74 Å². The first-order valence-electron chi connectivity index (χ1n) is 8.79. The fourth-order valence-electron chi connectivity index (χ4n) is 2.79. The second kappa shape index (κ2) is 9.38. The van der Waals surface area contributed by atoms with Crippen LogP contribution in [-0.4, -0.2) is 30.0 Å². The summed E-state index contributed by atoms with van der Waals surface area (Å²) in [5, 5.41) is 9.52. The number of H-pyrrole nitrogens is 1. The Morgan fingerprint density at radius 2 is 1.82 bits per heavy atom. The summed E-state index contributed by atoms with van der Waals surface area (Å²) in [6, 6.07) is 8.90. The lowest BCUT2D eigenvalue weighted by molar-refractivity contribution is 0.0523. The Kier molecular flexibility index (Phi) is 6.94. The third-order valence-electron chi connectivity index (χ3n) is 4.01. The van der Waals surface area contributed by atoms with E-state index >= 15 is 0 Å². The van der Waals surface area contributed by atoms with Crippen molar-refractivity contribution in [1.82, 2.24) is 4.98 Å². The van der Waals surface area contributed by atoms with E-state index in [-0.39, 0.29) is 23.3 Å². The van der Waals surface area contributed by atoms with Crippen LogP contribution in [0.5, 0.6) is 5.75 Å². The molecule has 28 heavy (non-hydrogen) atoms. The molecule has 0 atom stereocenters. The number of carbonyl (C=O) groups excluding carboxylic acids is 2. The van der Waals surface area contributed by atoms with Gasteiger partial charge in [-0.2, -0.15) is 5.26 Å². The number of esters is 1. The average Bonchev–Trinajstić information content (AvgIpc) is 2.98. The largest absolute Gasteiger partial charge is 0.490 e. The van der Waals surface area contributed by atoms with Gasteiger partial charge in [0.25, 0.3) is 0 Å². The third kappa shape index (κ3) is 4.57. The van der Waals surface area contributed by atoms with Crippen LogP contribution in [0.1, 0.15) is 44.6 Å². The van der Waals surface area contributed by atoms with E-state index in [2.05, 4.69) is 11.6 Å². The normalized spacial score (nSPS) is 10.9. The number of allylic oxidation sites excluding steroid dienone is 1. The second-order valence-electron chi connectivity index (χ2n) is 6.01. The van der Waals surface area contributed by atoms with E-state index in [9.17, 15) is 14.9 Å². The van der Waals surface area contributed by atoms with Crippen molar-refractivity contribution in [2.24, 2.45) is 0 Å². The second-order valence-corrected chi connectivity index (χ2v) is 6.01. The minimum Gasteiger partial charge on any atom is -0.490 e. The highest BCUT2D eigenvalue weighted by Gasteiger charge is 2.27. The lowest BCUT2D eigenvalue weighted by Crippen LogP contribution is -2.13. The van der Waals surface area contributed by atoms with Gasteiger partial charge >= 0.3 is 5.97 Å². The molecule has 6 heteroatoms. The van der Waals surface area contributed by atoms with Crippen molar-refractivity contribution in [1.29, 1.82) is 5.26 Å². The highest BCUT2D eigenvalue weighted by molar-refractivity contribution is 6.19. The fourth-order valence-corrected chi connectivity index (χ4v) is 2.79. The number of benzene rings is 1. The van der Waals surface area contributed by atoms with Crippen LogP contribution in [0.2, 0.25) is 0 Å². The molecule has 0 radical (unpaired) electrons. The number of ether oxygens (including phenoxy) is 2.